The maximum atomic E-state index is 13.7. The van der Waals surface area contributed by atoms with Crippen LogP contribution in [-0.4, -0.2) is 30.2 Å². The van der Waals surface area contributed by atoms with Crippen LogP contribution >= 0.6 is 11.8 Å². The standard InChI is InChI=1S/C18H18FN3OS/c1-23-11-10-20-17-14-7-3-5-9-16(14)21-18(22-17)24-12-13-6-2-4-8-15(13)19/h2-9H,10-12H2,1H3,(H,20,21,22). The minimum Gasteiger partial charge on any atom is -0.383 e. The summed E-state index contributed by atoms with van der Waals surface area (Å²) in [6, 6.07) is 14.6. The van der Waals surface area contributed by atoms with Crippen molar-refractivity contribution in [1.82, 2.24) is 9.97 Å². The Kier molecular flexibility index (Phi) is 5.61. The second-order valence-corrected chi connectivity index (χ2v) is 6.11. The summed E-state index contributed by atoms with van der Waals surface area (Å²) < 4.78 is 18.8. The zero-order valence-electron chi connectivity index (χ0n) is 13.3. The predicted molar refractivity (Wildman–Crippen MR) is 95.9 cm³/mol. The van der Waals surface area contributed by atoms with E-state index >= 15 is 0 Å². The fraction of sp³-hybridized carbons (Fsp3) is 0.222. The quantitative estimate of drug-likeness (QED) is 0.397. The molecule has 4 nitrogen and oxygen atoms in total. The lowest BCUT2D eigenvalue weighted by molar-refractivity contribution is 0.210. The molecule has 1 N–H and O–H groups in total. The summed E-state index contributed by atoms with van der Waals surface area (Å²) in [5.74, 6) is 1.06. The SMILES string of the molecule is COCCNc1nc(SCc2ccccc2F)nc2ccccc12. The van der Waals surface area contributed by atoms with E-state index in [1.54, 1.807) is 19.2 Å². The van der Waals surface area contributed by atoms with Gasteiger partial charge in [-0.05, 0) is 23.8 Å². The van der Waals surface area contributed by atoms with Gasteiger partial charge in [-0.25, -0.2) is 14.4 Å². The Morgan fingerprint density at radius 2 is 1.88 bits per heavy atom. The van der Waals surface area contributed by atoms with Gasteiger partial charge < -0.3 is 10.1 Å². The van der Waals surface area contributed by atoms with Gasteiger partial charge in [0.15, 0.2) is 5.16 Å². The van der Waals surface area contributed by atoms with Gasteiger partial charge in [0.05, 0.1) is 12.1 Å². The van der Waals surface area contributed by atoms with E-state index in [1.807, 2.05) is 30.3 Å². The number of rotatable bonds is 7. The summed E-state index contributed by atoms with van der Waals surface area (Å²) in [6.45, 7) is 1.25. The number of nitrogens with zero attached hydrogens (tertiary/aromatic N) is 2. The van der Waals surface area contributed by atoms with Gasteiger partial charge in [0.25, 0.3) is 0 Å². The normalized spacial score (nSPS) is 10.9. The highest BCUT2D eigenvalue weighted by Crippen LogP contribution is 2.26. The van der Waals surface area contributed by atoms with E-state index in [9.17, 15) is 4.39 Å². The second kappa shape index (κ2) is 8.08. The number of thioether (sulfide) groups is 1. The topological polar surface area (TPSA) is 47.0 Å². The molecule has 124 valence electrons. The Morgan fingerprint density at radius 1 is 1.08 bits per heavy atom. The molecule has 24 heavy (non-hydrogen) atoms. The van der Waals surface area contributed by atoms with Crippen molar-refractivity contribution in [3.05, 3.63) is 59.9 Å². The van der Waals surface area contributed by atoms with Crippen molar-refractivity contribution in [2.75, 3.05) is 25.6 Å². The Balaban J connectivity index is 1.83. The maximum absolute atomic E-state index is 13.7. The van der Waals surface area contributed by atoms with Crippen LogP contribution in [0.2, 0.25) is 0 Å². The number of methoxy groups -OCH3 is 1. The van der Waals surface area contributed by atoms with Crippen molar-refractivity contribution in [2.24, 2.45) is 0 Å². The largest absolute Gasteiger partial charge is 0.383 e. The minimum atomic E-state index is -0.204. The first-order valence-corrected chi connectivity index (χ1v) is 8.62. The molecule has 0 saturated carbocycles. The molecule has 0 aliphatic carbocycles. The van der Waals surface area contributed by atoms with Crippen molar-refractivity contribution in [1.29, 1.82) is 0 Å². The van der Waals surface area contributed by atoms with Gasteiger partial charge in [-0.15, -0.1) is 0 Å². The Labute approximate surface area is 144 Å². The molecule has 0 amide bonds. The van der Waals surface area contributed by atoms with Crippen LogP contribution in [0.1, 0.15) is 5.56 Å². The molecule has 2 aromatic carbocycles. The lowest BCUT2D eigenvalue weighted by Gasteiger charge is -2.10. The number of fused-ring (bicyclic) bond motifs is 1. The van der Waals surface area contributed by atoms with Crippen LogP contribution in [0.25, 0.3) is 10.9 Å². The van der Waals surface area contributed by atoms with Gasteiger partial charge in [-0.2, -0.15) is 0 Å². The molecule has 0 bridgehead atoms. The molecule has 1 heterocycles. The second-order valence-electron chi connectivity index (χ2n) is 5.17. The highest BCUT2D eigenvalue weighted by Gasteiger charge is 2.09. The summed E-state index contributed by atoms with van der Waals surface area (Å²) >= 11 is 1.42. The Morgan fingerprint density at radius 3 is 2.71 bits per heavy atom. The summed E-state index contributed by atoms with van der Waals surface area (Å²) in [5, 5.41) is 4.86. The van der Waals surface area contributed by atoms with Crippen LogP contribution in [0, 0.1) is 5.82 Å². The fourth-order valence-corrected chi connectivity index (χ4v) is 3.12. The molecule has 3 rings (SSSR count). The average Bonchev–Trinajstić information content (AvgIpc) is 2.61. The van der Waals surface area contributed by atoms with Gasteiger partial charge in [0, 0.05) is 24.8 Å². The number of para-hydroxylation sites is 1. The van der Waals surface area contributed by atoms with E-state index in [-0.39, 0.29) is 5.82 Å². The van der Waals surface area contributed by atoms with Crippen molar-refractivity contribution in [3.63, 3.8) is 0 Å². The highest BCUT2D eigenvalue weighted by atomic mass is 32.2. The summed E-state index contributed by atoms with van der Waals surface area (Å²) in [4.78, 5) is 9.15. The summed E-state index contributed by atoms with van der Waals surface area (Å²) in [7, 11) is 1.66. The molecule has 0 unspecified atom stereocenters. The third kappa shape index (κ3) is 4.01. The number of benzene rings is 2. The van der Waals surface area contributed by atoms with Crippen molar-refractivity contribution >= 4 is 28.5 Å². The first-order chi connectivity index (χ1) is 11.8. The molecule has 0 atom stereocenters. The van der Waals surface area contributed by atoms with Gasteiger partial charge in [0.1, 0.15) is 11.6 Å². The number of ether oxygens (including phenoxy) is 1. The molecule has 0 aliphatic rings. The van der Waals surface area contributed by atoms with Crippen molar-refractivity contribution in [2.45, 2.75) is 10.9 Å². The number of aromatic nitrogens is 2. The first-order valence-electron chi connectivity index (χ1n) is 7.63. The molecule has 3 aromatic rings. The number of nitrogens with one attached hydrogen (secondary N) is 1. The lowest BCUT2D eigenvalue weighted by Crippen LogP contribution is -2.10. The zero-order chi connectivity index (χ0) is 16.8. The van der Waals surface area contributed by atoms with Crippen molar-refractivity contribution in [3.8, 4) is 0 Å². The van der Waals surface area contributed by atoms with Crippen LogP contribution < -0.4 is 5.32 Å². The van der Waals surface area contributed by atoms with Gasteiger partial charge in [-0.3, -0.25) is 0 Å². The molecule has 1 aromatic heterocycles. The number of halogens is 1. The lowest BCUT2D eigenvalue weighted by atomic mass is 10.2. The van der Waals surface area contributed by atoms with E-state index in [4.69, 9.17) is 4.74 Å². The molecular weight excluding hydrogens is 325 g/mol. The number of anilines is 1. The van der Waals surface area contributed by atoms with Crippen LogP contribution in [-0.2, 0) is 10.5 Å². The molecule has 0 saturated heterocycles. The molecule has 0 radical (unpaired) electrons. The third-order valence-electron chi connectivity index (χ3n) is 3.50. The summed E-state index contributed by atoms with van der Waals surface area (Å²) in [5.41, 5.74) is 1.51. The van der Waals surface area contributed by atoms with E-state index in [2.05, 4.69) is 15.3 Å². The molecule has 0 spiro atoms. The molecule has 6 heteroatoms. The Bertz CT molecular complexity index is 828. The van der Waals surface area contributed by atoms with E-state index in [1.165, 1.54) is 17.8 Å². The third-order valence-corrected chi connectivity index (χ3v) is 4.39. The van der Waals surface area contributed by atoms with E-state index < -0.39 is 0 Å². The predicted octanol–water partition coefficient (Wildman–Crippen LogP) is 4.12. The van der Waals surface area contributed by atoms with E-state index in [0.717, 1.165) is 16.7 Å². The van der Waals surface area contributed by atoms with Crippen LogP contribution in [0.5, 0.6) is 0 Å². The average molecular weight is 343 g/mol. The van der Waals surface area contributed by atoms with Crippen molar-refractivity contribution < 1.29 is 9.13 Å². The molecule has 0 fully saturated rings. The molecular formula is C18H18FN3OS. The van der Waals surface area contributed by atoms with Gasteiger partial charge in [0.2, 0.25) is 0 Å². The fourth-order valence-electron chi connectivity index (χ4n) is 2.28. The highest BCUT2D eigenvalue weighted by molar-refractivity contribution is 7.98. The maximum Gasteiger partial charge on any atom is 0.190 e. The van der Waals surface area contributed by atoms with Crippen LogP contribution in [0.15, 0.2) is 53.7 Å². The van der Waals surface area contributed by atoms with E-state index in [0.29, 0.717) is 29.6 Å². The van der Waals surface area contributed by atoms with Gasteiger partial charge >= 0.3 is 0 Å². The number of hydrogen-bond donors (Lipinski definition) is 1. The smallest absolute Gasteiger partial charge is 0.190 e. The first kappa shape index (κ1) is 16.7. The van der Waals surface area contributed by atoms with Gasteiger partial charge in [-0.1, -0.05) is 42.1 Å². The van der Waals surface area contributed by atoms with Crippen LogP contribution in [0.3, 0.4) is 0 Å². The minimum absolute atomic E-state index is 0.204. The zero-order valence-corrected chi connectivity index (χ0v) is 14.1. The monoisotopic (exact) mass is 343 g/mol. The molecule has 0 aliphatic heterocycles. The summed E-state index contributed by atoms with van der Waals surface area (Å²) in [6.07, 6.45) is 0. The Hall–Kier alpha value is -2.18. The van der Waals surface area contributed by atoms with Crippen LogP contribution in [0.4, 0.5) is 10.2 Å². The number of hydrogen-bond acceptors (Lipinski definition) is 5.